The van der Waals surface area contributed by atoms with Crippen LogP contribution in [-0.2, 0) is 17.6 Å². The summed E-state index contributed by atoms with van der Waals surface area (Å²) in [5.74, 6) is 0.0186. The Hall–Kier alpha value is -2.25. The molecule has 7 heteroatoms. The molecule has 4 aromatic rings. The minimum absolute atomic E-state index is 0.0186. The minimum Gasteiger partial charge on any atom is -0.356 e. The molecule has 0 saturated heterocycles. The summed E-state index contributed by atoms with van der Waals surface area (Å²) in [4.78, 5) is 22.0. The predicted molar refractivity (Wildman–Crippen MR) is 97.7 cm³/mol. The number of benzene rings is 1. The zero-order valence-corrected chi connectivity index (χ0v) is 14.6. The Bertz CT molecular complexity index is 923. The molecule has 122 valence electrons. The third kappa shape index (κ3) is 3.32. The monoisotopic (exact) mass is 356 g/mol. The van der Waals surface area contributed by atoms with Gasteiger partial charge in [-0.25, -0.2) is 9.97 Å². The summed E-state index contributed by atoms with van der Waals surface area (Å²) in [6.45, 7) is 0.664. The van der Waals surface area contributed by atoms with Crippen LogP contribution in [0.4, 0.5) is 0 Å². The Kier molecular flexibility index (Phi) is 4.27. The number of hydrogen-bond donors (Lipinski definition) is 1. The van der Waals surface area contributed by atoms with Crippen molar-refractivity contribution in [3.63, 3.8) is 0 Å². The van der Waals surface area contributed by atoms with Crippen molar-refractivity contribution in [2.24, 2.45) is 0 Å². The van der Waals surface area contributed by atoms with Crippen LogP contribution in [0.15, 0.2) is 42.0 Å². The van der Waals surface area contributed by atoms with Gasteiger partial charge >= 0.3 is 0 Å². The highest BCUT2D eigenvalue weighted by Gasteiger charge is 2.08. The molecule has 1 N–H and O–H groups in total. The molecule has 4 rings (SSSR count). The molecule has 0 spiro atoms. The molecular weight excluding hydrogens is 340 g/mol. The predicted octanol–water partition coefficient (Wildman–Crippen LogP) is 3.30. The topological polar surface area (TPSA) is 59.3 Å². The molecule has 0 unspecified atom stereocenters. The van der Waals surface area contributed by atoms with E-state index < -0.39 is 0 Å². The molecule has 0 aliphatic carbocycles. The van der Waals surface area contributed by atoms with Gasteiger partial charge in [0.15, 0.2) is 4.96 Å². The summed E-state index contributed by atoms with van der Waals surface area (Å²) in [5.41, 5.74) is 1.87. The fourth-order valence-electron chi connectivity index (χ4n) is 2.58. The number of fused-ring (bicyclic) bond motifs is 2. The van der Waals surface area contributed by atoms with E-state index in [1.807, 2.05) is 40.4 Å². The van der Waals surface area contributed by atoms with Crippen molar-refractivity contribution in [3.05, 3.63) is 52.7 Å². The lowest BCUT2D eigenvalue weighted by molar-refractivity contribution is -0.120. The first-order valence-electron chi connectivity index (χ1n) is 7.80. The van der Waals surface area contributed by atoms with E-state index in [0.717, 1.165) is 34.0 Å². The van der Waals surface area contributed by atoms with E-state index in [2.05, 4.69) is 21.4 Å². The number of rotatable bonds is 6. The third-order valence-corrected chi connectivity index (χ3v) is 5.58. The lowest BCUT2D eigenvalue weighted by Crippen LogP contribution is -2.26. The van der Waals surface area contributed by atoms with Crippen molar-refractivity contribution < 1.29 is 4.79 Å². The van der Waals surface area contributed by atoms with E-state index in [0.29, 0.717) is 13.0 Å². The summed E-state index contributed by atoms with van der Waals surface area (Å²) >= 11 is 3.30. The first-order valence-corrected chi connectivity index (χ1v) is 9.50. The maximum absolute atomic E-state index is 12.0. The second-order valence-corrected chi connectivity index (χ2v) is 7.52. The third-order valence-electron chi connectivity index (χ3n) is 3.71. The molecule has 0 saturated carbocycles. The minimum atomic E-state index is 0.0186. The van der Waals surface area contributed by atoms with Crippen molar-refractivity contribution in [1.82, 2.24) is 19.7 Å². The first-order chi connectivity index (χ1) is 11.8. The van der Waals surface area contributed by atoms with Gasteiger partial charge in [-0.3, -0.25) is 9.20 Å². The highest BCUT2D eigenvalue weighted by Crippen LogP contribution is 2.22. The Morgan fingerprint density at radius 2 is 2.17 bits per heavy atom. The van der Waals surface area contributed by atoms with Gasteiger partial charge in [0.1, 0.15) is 0 Å². The molecular formula is C17H16N4OS2. The second-order valence-electron chi connectivity index (χ2n) is 5.53. The lowest BCUT2D eigenvalue weighted by Gasteiger charge is -2.02. The number of hydrogen-bond acceptors (Lipinski definition) is 5. The van der Waals surface area contributed by atoms with Crippen LogP contribution in [0.3, 0.4) is 0 Å². The molecule has 0 atom stereocenters. The molecule has 5 nitrogen and oxygen atoms in total. The van der Waals surface area contributed by atoms with Crippen molar-refractivity contribution in [2.45, 2.75) is 19.3 Å². The number of aromatic nitrogens is 3. The van der Waals surface area contributed by atoms with E-state index >= 15 is 0 Å². The van der Waals surface area contributed by atoms with Gasteiger partial charge in [0.25, 0.3) is 0 Å². The average Bonchev–Trinajstić information content (AvgIpc) is 3.24. The summed E-state index contributed by atoms with van der Waals surface area (Å²) in [5, 5.41) is 6.07. The van der Waals surface area contributed by atoms with Gasteiger partial charge in [-0.2, -0.15) is 0 Å². The quantitative estimate of drug-likeness (QED) is 0.539. The van der Waals surface area contributed by atoms with Gasteiger partial charge < -0.3 is 5.32 Å². The van der Waals surface area contributed by atoms with Crippen LogP contribution < -0.4 is 5.32 Å². The van der Waals surface area contributed by atoms with E-state index in [4.69, 9.17) is 0 Å². The normalized spacial score (nSPS) is 11.3. The van der Waals surface area contributed by atoms with Crippen molar-refractivity contribution in [3.8, 4) is 0 Å². The Morgan fingerprint density at radius 1 is 1.25 bits per heavy atom. The fourth-order valence-corrected chi connectivity index (χ4v) is 4.31. The lowest BCUT2D eigenvalue weighted by atomic mass is 10.3. The molecule has 0 aliphatic heterocycles. The Morgan fingerprint density at radius 3 is 3.04 bits per heavy atom. The molecule has 1 amide bonds. The molecule has 24 heavy (non-hydrogen) atoms. The van der Waals surface area contributed by atoms with Crippen molar-refractivity contribution in [2.75, 3.05) is 6.54 Å². The molecule has 0 fully saturated rings. The largest absolute Gasteiger partial charge is 0.356 e. The summed E-state index contributed by atoms with van der Waals surface area (Å²) in [7, 11) is 0. The first kappa shape index (κ1) is 15.3. The number of carbonyl (C=O) groups is 1. The number of para-hydroxylation sites is 1. The Balaban J connectivity index is 1.24. The molecule has 3 aromatic heterocycles. The summed E-state index contributed by atoms with van der Waals surface area (Å²) < 4.78 is 3.16. The van der Waals surface area contributed by atoms with E-state index in [-0.39, 0.29) is 5.91 Å². The van der Waals surface area contributed by atoms with Crippen molar-refractivity contribution in [1.29, 1.82) is 0 Å². The summed E-state index contributed by atoms with van der Waals surface area (Å²) in [6.07, 6.45) is 5.97. The number of aryl methyl sites for hydroxylation is 1. The van der Waals surface area contributed by atoms with E-state index in [1.165, 1.54) is 4.70 Å². The van der Waals surface area contributed by atoms with Gasteiger partial charge in [0.05, 0.1) is 27.3 Å². The molecule has 1 aromatic carbocycles. The van der Waals surface area contributed by atoms with Gasteiger partial charge in [-0.1, -0.05) is 12.1 Å². The number of carbonyl (C=O) groups excluding carboxylic acids is 1. The zero-order valence-electron chi connectivity index (χ0n) is 12.9. The highest BCUT2D eigenvalue weighted by atomic mass is 32.1. The second kappa shape index (κ2) is 6.70. The number of nitrogens with zero attached hydrogens (tertiary/aromatic N) is 3. The number of nitrogens with one attached hydrogen (secondary N) is 1. The summed E-state index contributed by atoms with van der Waals surface area (Å²) in [6, 6.07) is 8.16. The van der Waals surface area contributed by atoms with Crippen LogP contribution in [0.1, 0.15) is 17.1 Å². The van der Waals surface area contributed by atoms with Crippen LogP contribution in [0, 0.1) is 0 Å². The average molecular weight is 356 g/mol. The van der Waals surface area contributed by atoms with Crippen LogP contribution in [0.2, 0.25) is 0 Å². The SMILES string of the molecule is O=C(Cc1cn2ccsc2n1)NCCCc1nc2ccccc2s1. The number of thiazole rings is 2. The standard InChI is InChI=1S/C17H16N4OS2/c22-15(10-12-11-21-8-9-23-17(21)19-12)18-7-3-6-16-20-13-4-1-2-5-14(13)24-16/h1-2,4-5,8-9,11H,3,6-7,10H2,(H,18,22). The maximum atomic E-state index is 12.0. The molecule has 0 bridgehead atoms. The van der Waals surface area contributed by atoms with Crippen LogP contribution >= 0.6 is 22.7 Å². The Labute approximate surface area is 147 Å². The van der Waals surface area contributed by atoms with Crippen LogP contribution in [-0.4, -0.2) is 26.8 Å². The van der Waals surface area contributed by atoms with Gasteiger partial charge in [0, 0.05) is 30.7 Å². The van der Waals surface area contributed by atoms with Gasteiger partial charge in [-0.05, 0) is 18.6 Å². The number of amides is 1. The van der Waals surface area contributed by atoms with E-state index in [1.54, 1.807) is 22.7 Å². The van der Waals surface area contributed by atoms with Gasteiger partial charge in [0.2, 0.25) is 5.91 Å². The highest BCUT2D eigenvalue weighted by molar-refractivity contribution is 7.18. The zero-order chi connectivity index (χ0) is 16.4. The fraction of sp³-hybridized carbons (Fsp3) is 0.235. The molecule has 0 radical (unpaired) electrons. The maximum Gasteiger partial charge on any atom is 0.226 e. The van der Waals surface area contributed by atoms with Crippen LogP contribution in [0.5, 0.6) is 0 Å². The van der Waals surface area contributed by atoms with E-state index in [9.17, 15) is 4.79 Å². The van der Waals surface area contributed by atoms with Crippen LogP contribution in [0.25, 0.3) is 15.2 Å². The van der Waals surface area contributed by atoms with Gasteiger partial charge in [-0.15, -0.1) is 22.7 Å². The van der Waals surface area contributed by atoms with Crippen molar-refractivity contribution >= 4 is 43.8 Å². The smallest absolute Gasteiger partial charge is 0.226 e. The molecule has 0 aliphatic rings. The molecule has 3 heterocycles. The number of imidazole rings is 1.